The van der Waals surface area contributed by atoms with E-state index in [1.165, 1.54) is 5.69 Å². The Morgan fingerprint density at radius 2 is 2.37 bits per heavy atom. The molecule has 4 nitrogen and oxygen atoms in total. The van der Waals surface area contributed by atoms with Crippen molar-refractivity contribution in [2.75, 3.05) is 46.9 Å². The van der Waals surface area contributed by atoms with Gasteiger partial charge < -0.3 is 9.64 Å². The normalized spacial score (nSPS) is 31.0. The van der Waals surface area contributed by atoms with Gasteiger partial charge >= 0.3 is 0 Å². The molecule has 0 aliphatic carbocycles. The highest BCUT2D eigenvalue weighted by atomic mass is 16.5. The first-order valence-corrected chi connectivity index (χ1v) is 7.03. The van der Waals surface area contributed by atoms with Gasteiger partial charge in [-0.3, -0.25) is 9.88 Å². The van der Waals surface area contributed by atoms with Crippen LogP contribution in [0.2, 0.25) is 0 Å². The third-order valence-electron chi connectivity index (χ3n) is 4.33. The van der Waals surface area contributed by atoms with E-state index in [9.17, 15) is 0 Å². The van der Waals surface area contributed by atoms with Crippen molar-refractivity contribution < 1.29 is 4.74 Å². The molecule has 2 saturated heterocycles. The van der Waals surface area contributed by atoms with Crippen molar-refractivity contribution in [3.63, 3.8) is 0 Å². The fraction of sp³-hybridized carbons (Fsp3) is 0.667. The lowest BCUT2D eigenvalue weighted by Crippen LogP contribution is -2.40. The zero-order valence-corrected chi connectivity index (χ0v) is 11.9. The topological polar surface area (TPSA) is 28.6 Å². The summed E-state index contributed by atoms with van der Waals surface area (Å²) in [6.07, 6.45) is 1.88. The Morgan fingerprint density at radius 1 is 1.47 bits per heavy atom. The van der Waals surface area contributed by atoms with Gasteiger partial charge in [0.1, 0.15) is 0 Å². The summed E-state index contributed by atoms with van der Waals surface area (Å²) >= 11 is 0. The van der Waals surface area contributed by atoms with Gasteiger partial charge in [-0.15, -0.1) is 0 Å². The third kappa shape index (κ3) is 2.66. The first kappa shape index (κ1) is 13.0. The molecule has 3 rings (SSSR count). The molecule has 0 amide bonds. The number of hydrogen-bond donors (Lipinski definition) is 0. The summed E-state index contributed by atoms with van der Waals surface area (Å²) in [5.41, 5.74) is 1.50. The van der Waals surface area contributed by atoms with Crippen molar-refractivity contribution in [1.82, 2.24) is 14.8 Å². The molecule has 2 atom stereocenters. The molecule has 2 fully saturated rings. The van der Waals surface area contributed by atoms with Crippen molar-refractivity contribution in [3.8, 4) is 0 Å². The van der Waals surface area contributed by atoms with Crippen LogP contribution in [0.3, 0.4) is 0 Å². The van der Waals surface area contributed by atoms with Crippen LogP contribution in [-0.2, 0) is 11.3 Å². The quantitative estimate of drug-likeness (QED) is 0.811. The fourth-order valence-corrected chi connectivity index (χ4v) is 3.64. The van der Waals surface area contributed by atoms with Crippen LogP contribution in [0.15, 0.2) is 24.4 Å². The summed E-state index contributed by atoms with van der Waals surface area (Å²) in [6, 6.07) is 6.16. The van der Waals surface area contributed by atoms with Crippen LogP contribution in [0.25, 0.3) is 0 Å². The Morgan fingerprint density at radius 3 is 3.11 bits per heavy atom. The first-order valence-electron chi connectivity index (χ1n) is 7.03. The number of fused-ring (bicyclic) bond motifs is 1. The molecule has 2 aliphatic rings. The summed E-state index contributed by atoms with van der Waals surface area (Å²) in [5.74, 6) is 0.679. The average Bonchev–Trinajstić information content (AvgIpc) is 2.85. The van der Waals surface area contributed by atoms with Crippen molar-refractivity contribution in [3.05, 3.63) is 30.1 Å². The Kier molecular flexibility index (Phi) is 3.56. The zero-order chi connectivity index (χ0) is 13.3. The van der Waals surface area contributed by atoms with E-state index in [0.717, 1.165) is 39.4 Å². The summed E-state index contributed by atoms with van der Waals surface area (Å²) in [5, 5.41) is 0. The molecule has 0 spiro atoms. The van der Waals surface area contributed by atoms with Crippen molar-refractivity contribution in [2.24, 2.45) is 11.3 Å². The van der Waals surface area contributed by atoms with E-state index in [1.807, 2.05) is 12.3 Å². The molecule has 19 heavy (non-hydrogen) atoms. The molecule has 104 valence electrons. The highest BCUT2D eigenvalue weighted by Gasteiger charge is 2.50. The Hall–Kier alpha value is -0.970. The number of nitrogens with zero attached hydrogens (tertiary/aromatic N) is 3. The molecule has 0 bridgehead atoms. The minimum atomic E-state index is 0.332. The standard InChI is InChI=1S/C15H23N3O/c1-17(2)10-15-11-18(7-13(15)9-19-12-15)8-14-5-3-4-6-16-14/h3-6,13H,7-12H2,1-2H3/t13-,15+/m0/s1. The number of aromatic nitrogens is 1. The van der Waals surface area contributed by atoms with Crippen molar-refractivity contribution in [2.45, 2.75) is 6.54 Å². The lowest BCUT2D eigenvalue weighted by atomic mass is 9.81. The molecule has 0 aromatic carbocycles. The van der Waals surface area contributed by atoms with Gasteiger partial charge in [-0.1, -0.05) is 6.07 Å². The van der Waals surface area contributed by atoms with Gasteiger partial charge in [-0.25, -0.2) is 0 Å². The second kappa shape index (κ2) is 5.19. The second-order valence-electron chi connectivity index (χ2n) is 6.30. The molecule has 0 unspecified atom stereocenters. The number of ether oxygens (including phenoxy) is 1. The Balaban J connectivity index is 1.68. The molecule has 1 aromatic rings. The van der Waals surface area contributed by atoms with E-state index < -0.39 is 0 Å². The summed E-state index contributed by atoms with van der Waals surface area (Å²) < 4.78 is 5.75. The van der Waals surface area contributed by atoms with Crippen LogP contribution in [0.5, 0.6) is 0 Å². The van der Waals surface area contributed by atoms with Gasteiger partial charge in [0.25, 0.3) is 0 Å². The zero-order valence-electron chi connectivity index (χ0n) is 11.9. The van der Waals surface area contributed by atoms with E-state index >= 15 is 0 Å². The smallest absolute Gasteiger partial charge is 0.0551 e. The number of hydrogen-bond acceptors (Lipinski definition) is 4. The van der Waals surface area contributed by atoms with Crippen LogP contribution < -0.4 is 0 Å². The lowest BCUT2D eigenvalue weighted by molar-refractivity contribution is 0.109. The number of pyridine rings is 1. The van der Waals surface area contributed by atoms with E-state index in [4.69, 9.17) is 4.74 Å². The SMILES string of the molecule is CN(C)C[C@@]12COC[C@@H]1CN(Cc1ccccn1)C2. The Bertz CT molecular complexity index is 423. The highest BCUT2D eigenvalue weighted by Crippen LogP contribution is 2.41. The van der Waals surface area contributed by atoms with E-state index in [1.54, 1.807) is 0 Å². The van der Waals surface area contributed by atoms with Crippen LogP contribution in [0, 0.1) is 11.3 Å². The Labute approximate surface area is 115 Å². The average molecular weight is 261 g/mol. The molecule has 4 heteroatoms. The fourth-order valence-electron chi connectivity index (χ4n) is 3.64. The predicted octanol–water partition coefficient (Wildman–Crippen LogP) is 1.09. The van der Waals surface area contributed by atoms with Gasteiger partial charge in [0, 0.05) is 43.7 Å². The van der Waals surface area contributed by atoms with Crippen molar-refractivity contribution >= 4 is 0 Å². The van der Waals surface area contributed by atoms with Gasteiger partial charge in [0.2, 0.25) is 0 Å². The van der Waals surface area contributed by atoms with Gasteiger partial charge in [0.15, 0.2) is 0 Å². The predicted molar refractivity (Wildman–Crippen MR) is 74.8 cm³/mol. The van der Waals surface area contributed by atoms with Crippen LogP contribution in [0.1, 0.15) is 5.69 Å². The minimum Gasteiger partial charge on any atom is -0.380 e. The monoisotopic (exact) mass is 261 g/mol. The van der Waals surface area contributed by atoms with Crippen LogP contribution in [-0.4, -0.2) is 61.7 Å². The molecule has 0 N–H and O–H groups in total. The summed E-state index contributed by atoms with van der Waals surface area (Å²) in [7, 11) is 4.32. The van der Waals surface area contributed by atoms with Crippen molar-refractivity contribution in [1.29, 1.82) is 0 Å². The molecule has 1 aromatic heterocycles. The first-order chi connectivity index (χ1) is 9.18. The summed E-state index contributed by atoms with van der Waals surface area (Å²) in [6.45, 7) is 6.20. The maximum absolute atomic E-state index is 5.75. The minimum absolute atomic E-state index is 0.332. The van der Waals surface area contributed by atoms with Gasteiger partial charge in [-0.05, 0) is 26.2 Å². The highest BCUT2D eigenvalue weighted by molar-refractivity contribution is 5.06. The van der Waals surface area contributed by atoms with E-state index in [2.05, 4.69) is 41.0 Å². The van der Waals surface area contributed by atoms with Gasteiger partial charge in [0.05, 0.1) is 18.9 Å². The molecule has 2 aliphatic heterocycles. The molecular formula is C15H23N3O. The van der Waals surface area contributed by atoms with E-state index in [0.29, 0.717) is 11.3 Å². The number of likely N-dealkylation sites (tertiary alicyclic amines) is 1. The molecule has 0 saturated carbocycles. The maximum atomic E-state index is 5.75. The molecule has 0 radical (unpaired) electrons. The summed E-state index contributed by atoms with van der Waals surface area (Å²) in [4.78, 5) is 9.27. The maximum Gasteiger partial charge on any atom is 0.0551 e. The van der Waals surface area contributed by atoms with Gasteiger partial charge in [-0.2, -0.15) is 0 Å². The number of rotatable bonds is 4. The second-order valence-corrected chi connectivity index (χ2v) is 6.30. The van der Waals surface area contributed by atoms with E-state index in [-0.39, 0.29) is 0 Å². The third-order valence-corrected chi connectivity index (χ3v) is 4.33. The van der Waals surface area contributed by atoms with Crippen LogP contribution >= 0.6 is 0 Å². The van der Waals surface area contributed by atoms with Crippen LogP contribution in [0.4, 0.5) is 0 Å². The molecule has 3 heterocycles. The largest absolute Gasteiger partial charge is 0.380 e. The molecular weight excluding hydrogens is 238 g/mol. The lowest BCUT2D eigenvalue weighted by Gasteiger charge is -2.30.